The Morgan fingerprint density at radius 2 is 1.95 bits per heavy atom. The topological polar surface area (TPSA) is 41.8 Å². The molecule has 4 heteroatoms. The smallest absolute Gasteiger partial charge is 0.128 e. The summed E-state index contributed by atoms with van der Waals surface area (Å²) in [5, 5.41) is 9.99. The number of aliphatic imine (C=N–C) groups is 1. The van der Waals surface area contributed by atoms with Gasteiger partial charge in [0.05, 0.1) is 12.3 Å². The van der Waals surface area contributed by atoms with Crippen LogP contribution in [0.25, 0.3) is 0 Å². The first-order valence-corrected chi connectivity index (χ1v) is 7.74. The van der Waals surface area contributed by atoms with Crippen LogP contribution in [0.2, 0.25) is 0 Å². The second kappa shape index (κ2) is 7.84. The molecule has 0 heterocycles. The lowest BCUT2D eigenvalue weighted by atomic mass is 10.2. The number of phenolic OH excluding ortho intramolecular Hbond substituents is 1. The highest BCUT2D eigenvalue weighted by atomic mass is 79.9. The summed E-state index contributed by atoms with van der Waals surface area (Å²) in [5.41, 5.74) is 1.50. The number of halogens is 1. The lowest BCUT2D eigenvalue weighted by molar-refractivity contribution is 0.307. The zero-order valence-corrected chi connectivity index (χ0v) is 13.5. The van der Waals surface area contributed by atoms with Crippen LogP contribution in [0.1, 0.15) is 25.3 Å². The van der Waals surface area contributed by atoms with Crippen LogP contribution in [0, 0.1) is 0 Å². The minimum Gasteiger partial charge on any atom is -0.507 e. The van der Waals surface area contributed by atoms with Crippen molar-refractivity contribution in [2.75, 3.05) is 6.61 Å². The first-order chi connectivity index (χ1) is 10.2. The van der Waals surface area contributed by atoms with Gasteiger partial charge in [-0.15, -0.1) is 0 Å². The normalized spacial score (nSPS) is 11.0. The summed E-state index contributed by atoms with van der Waals surface area (Å²) in [6, 6.07) is 12.9. The van der Waals surface area contributed by atoms with Crippen LogP contribution >= 0.6 is 15.9 Å². The van der Waals surface area contributed by atoms with E-state index in [2.05, 4.69) is 27.8 Å². The number of rotatable bonds is 6. The molecule has 2 aromatic carbocycles. The molecule has 0 fully saturated rings. The number of hydrogen-bond donors (Lipinski definition) is 1. The molecule has 0 bridgehead atoms. The molecule has 0 saturated heterocycles. The summed E-state index contributed by atoms with van der Waals surface area (Å²) in [6.45, 7) is 2.78. The highest BCUT2D eigenvalue weighted by molar-refractivity contribution is 9.10. The fourth-order valence-electron chi connectivity index (χ4n) is 1.73. The zero-order chi connectivity index (χ0) is 15.1. The van der Waals surface area contributed by atoms with Gasteiger partial charge in [0, 0.05) is 22.3 Å². The molecule has 0 aliphatic heterocycles. The maximum atomic E-state index is 9.99. The zero-order valence-electron chi connectivity index (χ0n) is 11.9. The fraction of sp³-hybridized carbons (Fsp3) is 0.235. The Hall–Kier alpha value is -1.81. The summed E-state index contributed by atoms with van der Waals surface area (Å²) in [6.07, 6.45) is 3.74. The lowest BCUT2D eigenvalue weighted by Gasteiger charge is -2.06. The van der Waals surface area contributed by atoms with Gasteiger partial charge in [0.25, 0.3) is 0 Å². The van der Waals surface area contributed by atoms with Crippen molar-refractivity contribution in [1.29, 1.82) is 0 Å². The van der Waals surface area contributed by atoms with E-state index in [-0.39, 0.29) is 5.75 Å². The van der Waals surface area contributed by atoms with Gasteiger partial charge in [0.15, 0.2) is 0 Å². The molecule has 0 atom stereocenters. The Bertz CT molecular complexity index is 609. The van der Waals surface area contributed by atoms with E-state index in [1.165, 1.54) is 0 Å². The number of nitrogens with zero attached hydrogens (tertiary/aromatic N) is 1. The van der Waals surface area contributed by atoms with E-state index < -0.39 is 0 Å². The molecule has 2 aromatic rings. The van der Waals surface area contributed by atoms with Crippen molar-refractivity contribution >= 4 is 27.8 Å². The molecule has 2 rings (SSSR count). The largest absolute Gasteiger partial charge is 0.507 e. The molecule has 1 N–H and O–H groups in total. The maximum absolute atomic E-state index is 9.99. The van der Waals surface area contributed by atoms with Crippen molar-refractivity contribution < 1.29 is 9.84 Å². The average molecular weight is 348 g/mol. The van der Waals surface area contributed by atoms with Gasteiger partial charge in [-0.2, -0.15) is 0 Å². The molecule has 3 nitrogen and oxygen atoms in total. The summed E-state index contributed by atoms with van der Waals surface area (Å²) in [7, 11) is 0. The van der Waals surface area contributed by atoms with Gasteiger partial charge in [-0.25, -0.2) is 0 Å². The Morgan fingerprint density at radius 1 is 1.19 bits per heavy atom. The van der Waals surface area contributed by atoms with Gasteiger partial charge in [-0.05, 0) is 42.8 Å². The third kappa shape index (κ3) is 4.90. The summed E-state index contributed by atoms with van der Waals surface area (Å²) < 4.78 is 6.56. The van der Waals surface area contributed by atoms with Gasteiger partial charge in [0.2, 0.25) is 0 Å². The third-order valence-corrected chi connectivity index (χ3v) is 3.48. The number of ether oxygens (including phenoxy) is 1. The van der Waals surface area contributed by atoms with Crippen molar-refractivity contribution in [2.45, 2.75) is 19.8 Å². The van der Waals surface area contributed by atoms with Gasteiger partial charge in [-0.3, -0.25) is 4.99 Å². The predicted octanol–water partition coefficient (Wildman–Crippen LogP) is 5.08. The highest BCUT2D eigenvalue weighted by Gasteiger charge is 2.01. The van der Waals surface area contributed by atoms with Crippen LogP contribution in [0.15, 0.2) is 51.9 Å². The van der Waals surface area contributed by atoms with E-state index in [1.807, 2.05) is 30.3 Å². The summed E-state index contributed by atoms with van der Waals surface area (Å²) in [4.78, 5) is 4.34. The van der Waals surface area contributed by atoms with Crippen molar-refractivity contribution in [1.82, 2.24) is 0 Å². The van der Waals surface area contributed by atoms with E-state index in [9.17, 15) is 5.11 Å². The SMILES string of the molecule is CCCCOc1ccc(C=Nc2ccc(Br)cc2)c(O)c1. The minimum atomic E-state index is 0.171. The second-order valence-corrected chi connectivity index (χ2v) is 5.57. The number of phenols is 1. The Kier molecular flexibility index (Phi) is 5.81. The molecule has 0 radical (unpaired) electrons. The van der Waals surface area contributed by atoms with Crippen LogP contribution in [0.5, 0.6) is 11.5 Å². The highest BCUT2D eigenvalue weighted by Crippen LogP contribution is 2.23. The van der Waals surface area contributed by atoms with Crippen molar-refractivity contribution in [3.8, 4) is 11.5 Å². The number of hydrogen-bond acceptors (Lipinski definition) is 3. The summed E-state index contributed by atoms with van der Waals surface area (Å²) >= 11 is 3.38. The lowest BCUT2D eigenvalue weighted by Crippen LogP contribution is -1.96. The van der Waals surface area contributed by atoms with Gasteiger partial charge < -0.3 is 9.84 Å². The summed E-state index contributed by atoms with van der Waals surface area (Å²) in [5.74, 6) is 0.853. The van der Waals surface area contributed by atoms with Crippen LogP contribution in [0.3, 0.4) is 0 Å². The van der Waals surface area contributed by atoms with Gasteiger partial charge >= 0.3 is 0 Å². The molecule has 0 saturated carbocycles. The minimum absolute atomic E-state index is 0.171. The third-order valence-electron chi connectivity index (χ3n) is 2.95. The maximum Gasteiger partial charge on any atom is 0.128 e. The first kappa shape index (κ1) is 15.6. The van der Waals surface area contributed by atoms with E-state index in [1.54, 1.807) is 18.3 Å². The second-order valence-electron chi connectivity index (χ2n) is 4.66. The quantitative estimate of drug-likeness (QED) is 0.584. The van der Waals surface area contributed by atoms with E-state index in [0.29, 0.717) is 17.9 Å². The van der Waals surface area contributed by atoms with Gasteiger partial charge in [-0.1, -0.05) is 29.3 Å². The Morgan fingerprint density at radius 3 is 2.62 bits per heavy atom. The molecule has 110 valence electrons. The first-order valence-electron chi connectivity index (χ1n) is 6.94. The van der Waals surface area contributed by atoms with Crippen LogP contribution in [0.4, 0.5) is 5.69 Å². The number of unbranched alkanes of at least 4 members (excludes halogenated alkanes) is 1. The average Bonchev–Trinajstić information content (AvgIpc) is 2.48. The monoisotopic (exact) mass is 347 g/mol. The van der Waals surface area contributed by atoms with E-state index in [0.717, 1.165) is 23.0 Å². The van der Waals surface area contributed by atoms with Crippen LogP contribution in [-0.2, 0) is 0 Å². The van der Waals surface area contributed by atoms with Gasteiger partial charge in [0.1, 0.15) is 11.5 Å². The standard InChI is InChI=1S/C17H18BrNO2/c1-2-3-10-21-16-9-4-13(17(20)11-16)12-19-15-7-5-14(18)6-8-15/h4-9,11-12,20H,2-3,10H2,1H3. The Balaban J connectivity index is 2.05. The van der Waals surface area contributed by atoms with Crippen molar-refractivity contribution in [3.05, 3.63) is 52.5 Å². The molecule has 0 aliphatic rings. The van der Waals surface area contributed by atoms with Crippen molar-refractivity contribution in [3.63, 3.8) is 0 Å². The molecular weight excluding hydrogens is 330 g/mol. The molecule has 0 aromatic heterocycles. The molecule has 0 unspecified atom stereocenters. The van der Waals surface area contributed by atoms with E-state index >= 15 is 0 Å². The van der Waals surface area contributed by atoms with Crippen LogP contribution < -0.4 is 4.74 Å². The Labute approximate surface area is 133 Å². The fourth-order valence-corrected chi connectivity index (χ4v) is 1.99. The molecule has 21 heavy (non-hydrogen) atoms. The molecule has 0 amide bonds. The van der Waals surface area contributed by atoms with E-state index in [4.69, 9.17) is 4.74 Å². The van der Waals surface area contributed by atoms with Crippen molar-refractivity contribution in [2.24, 2.45) is 4.99 Å². The molecular formula is C17H18BrNO2. The molecule has 0 aliphatic carbocycles. The number of benzene rings is 2. The number of aromatic hydroxyl groups is 1. The van der Waals surface area contributed by atoms with Crippen LogP contribution in [-0.4, -0.2) is 17.9 Å². The predicted molar refractivity (Wildman–Crippen MR) is 89.9 cm³/mol. The molecule has 0 spiro atoms.